The first-order chi connectivity index (χ1) is 7.81. The molecule has 2 aromatic heterocycles. The molecule has 0 aromatic carbocycles. The molecule has 0 fully saturated rings. The number of pyridine rings is 2. The Bertz CT molecular complexity index is 556. The molecule has 0 unspecified atom stereocenters. The van der Waals surface area contributed by atoms with Crippen molar-refractivity contribution in [2.45, 2.75) is 0 Å². The van der Waals surface area contributed by atoms with Crippen LogP contribution in [0.5, 0.6) is 0 Å². The van der Waals surface area contributed by atoms with Crippen molar-refractivity contribution >= 4 is 29.3 Å². The first-order valence-electron chi connectivity index (χ1n) is 4.43. The van der Waals surface area contributed by atoms with E-state index in [9.17, 15) is 25.2 Å². The fourth-order valence-electron chi connectivity index (χ4n) is 1.07. The quantitative estimate of drug-likeness (QED) is 0.331. The summed E-state index contributed by atoms with van der Waals surface area (Å²) in [5.41, 5.74) is 1.20. The Hall–Kier alpha value is -0.880. The number of aromatic nitrogens is 1. The third kappa shape index (κ3) is 8.25. The van der Waals surface area contributed by atoms with Crippen LogP contribution in [0.3, 0.4) is 0 Å². The van der Waals surface area contributed by atoms with Gasteiger partial charge in [0.05, 0.1) is 4.47 Å². The maximum atomic E-state index is 9.87. The van der Waals surface area contributed by atoms with Crippen molar-refractivity contribution in [3.8, 4) is 0 Å². The van der Waals surface area contributed by atoms with E-state index in [0.29, 0.717) is 0 Å². The first-order valence-corrected chi connectivity index (χ1v) is 7.25. The summed E-state index contributed by atoms with van der Waals surface area (Å²) in [6.45, 7) is 0. The van der Waals surface area contributed by atoms with Gasteiger partial charge in [0, 0.05) is 18.2 Å². The molecule has 102 valence electrons. The van der Waals surface area contributed by atoms with Gasteiger partial charge in [-0.05, 0) is 28.1 Å². The predicted molar refractivity (Wildman–Crippen MR) is 60.9 cm³/mol. The van der Waals surface area contributed by atoms with Gasteiger partial charge in [-0.1, -0.05) is 0 Å². The molecule has 0 N–H and O–H groups in total. The van der Waals surface area contributed by atoms with Crippen LogP contribution >= 0.6 is 23.7 Å². The molecule has 2 heterocycles. The summed E-state index contributed by atoms with van der Waals surface area (Å²) in [5.74, 6) is 0. The molecule has 2 aromatic rings. The third-order valence-corrected chi connectivity index (χ3v) is 2.07. The Morgan fingerprint density at radius 2 is 1.44 bits per heavy atom. The number of hydrogen-bond donors (Lipinski definition) is 0. The van der Waals surface area contributed by atoms with Crippen LogP contribution in [0.2, 0.25) is 0 Å². The van der Waals surface area contributed by atoms with E-state index in [1.54, 1.807) is 0 Å². The molecule has 0 amide bonds. The van der Waals surface area contributed by atoms with Crippen molar-refractivity contribution in [2.24, 2.45) is 0 Å². The molecule has 18 heavy (non-hydrogen) atoms. The van der Waals surface area contributed by atoms with Crippen molar-refractivity contribution < 1.29 is 29.6 Å². The van der Waals surface area contributed by atoms with Crippen LogP contribution in [0.25, 0.3) is 5.52 Å². The third-order valence-electron chi connectivity index (χ3n) is 1.60. The van der Waals surface area contributed by atoms with E-state index in [2.05, 4.69) is 32.5 Å². The topological polar surface area (TPSA) is 4.10 Å². The minimum atomic E-state index is -10.7. The fourth-order valence-corrected chi connectivity index (χ4v) is 1.42. The molecular weight excluding hydrogens is 347 g/mol. The molecule has 0 saturated heterocycles. The van der Waals surface area contributed by atoms with Gasteiger partial charge < -0.3 is 0 Å². The summed E-state index contributed by atoms with van der Waals surface area (Å²) < 4.78 is 62.4. The number of hydrogen-bond acceptors (Lipinski definition) is 0. The van der Waals surface area contributed by atoms with Gasteiger partial charge in [-0.3, -0.25) is 0 Å². The van der Waals surface area contributed by atoms with Gasteiger partial charge >= 0.3 is 33.0 Å². The van der Waals surface area contributed by atoms with Gasteiger partial charge in [-0.2, -0.15) is 4.40 Å². The van der Waals surface area contributed by atoms with Crippen LogP contribution in [0.1, 0.15) is 0 Å². The molecule has 0 aliphatic heterocycles. The van der Waals surface area contributed by atoms with E-state index in [4.69, 9.17) is 0 Å². The fraction of sp³-hybridized carbons (Fsp3) is 0. The molecule has 0 spiro atoms. The zero-order valence-electron chi connectivity index (χ0n) is 8.58. The van der Waals surface area contributed by atoms with E-state index >= 15 is 0 Å². The number of halogens is 7. The van der Waals surface area contributed by atoms with Crippen LogP contribution in [0, 0.1) is 0 Å². The van der Waals surface area contributed by atoms with Gasteiger partial charge in [0.1, 0.15) is 0 Å². The van der Waals surface area contributed by atoms with Gasteiger partial charge in [0.25, 0.3) is 0 Å². The van der Waals surface area contributed by atoms with Gasteiger partial charge in [-0.25, -0.2) is 0 Å². The molecular formula is C9H7BrF6NP. The Morgan fingerprint density at radius 1 is 0.889 bits per heavy atom. The second-order valence-corrected chi connectivity index (χ2v) is 6.17. The number of fused-ring (bicyclic) bond motifs is 1. The molecule has 0 aliphatic carbocycles. The minimum absolute atomic E-state index is 1.10. The predicted octanol–water partition coefficient (Wildman–Crippen LogP) is 5.57. The van der Waals surface area contributed by atoms with Crippen LogP contribution in [0.4, 0.5) is 25.2 Å². The molecule has 2 rings (SSSR count). The SMILES string of the molecule is Brc1ccc2cccc[n+]2c1.F[P-](F)(F)(F)(F)F. The molecule has 0 aliphatic rings. The Kier molecular flexibility index (Phi) is 3.43. The Labute approximate surface area is 106 Å². The second kappa shape index (κ2) is 4.06. The molecule has 0 saturated carbocycles. The van der Waals surface area contributed by atoms with Gasteiger partial charge in [-0.15, -0.1) is 0 Å². The number of nitrogens with zero attached hydrogens (tertiary/aromatic N) is 1. The molecule has 0 atom stereocenters. The standard InChI is InChI=1S/C9H7BrN.F6P/c10-8-4-5-9-3-1-2-6-11(9)7-8;1-7(2,3,4,5)6/h1-7H;/q+1;-1. The van der Waals surface area contributed by atoms with E-state index in [1.165, 1.54) is 5.52 Å². The summed E-state index contributed by atoms with van der Waals surface area (Å²) >= 11 is 3.41. The maximum absolute atomic E-state index is 10.7. The van der Waals surface area contributed by atoms with E-state index < -0.39 is 7.81 Å². The summed E-state index contributed by atoms with van der Waals surface area (Å²) in [6.07, 6.45) is 4.06. The van der Waals surface area contributed by atoms with E-state index in [-0.39, 0.29) is 0 Å². The normalized spacial score (nSPS) is 15.3. The summed E-state index contributed by atoms with van der Waals surface area (Å²) in [5, 5.41) is 0. The Morgan fingerprint density at radius 3 is 2.00 bits per heavy atom. The van der Waals surface area contributed by atoms with Crippen molar-refractivity contribution in [2.75, 3.05) is 0 Å². The number of rotatable bonds is 0. The molecule has 1 nitrogen and oxygen atoms in total. The summed E-state index contributed by atoms with van der Waals surface area (Å²) in [6, 6.07) is 10.2. The average molecular weight is 354 g/mol. The zero-order valence-corrected chi connectivity index (χ0v) is 11.1. The van der Waals surface area contributed by atoms with Gasteiger partial charge in [0.15, 0.2) is 12.4 Å². The van der Waals surface area contributed by atoms with Crippen LogP contribution in [0.15, 0.2) is 47.2 Å². The van der Waals surface area contributed by atoms with Gasteiger partial charge in [0.2, 0.25) is 5.52 Å². The molecule has 0 bridgehead atoms. The zero-order chi connectivity index (χ0) is 14.1. The van der Waals surface area contributed by atoms with Crippen LogP contribution in [-0.2, 0) is 0 Å². The van der Waals surface area contributed by atoms with Crippen molar-refractivity contribution in [1.82, 2.24) is 0 Å². The summed E-state index contributed by atoms with van der Waals surface area (Å²) in [4.78, 5) is 0. The monoisotopic (exact) mass is 353 g/mol. The molecule has 9 heteroatoms. The van der Waals surface area contributed by atoms with Crippen molar-refractivity contribution in [3.05, 3.63) is 47.2 Å². The van der Waals surface area contributed by atoms with Crippen molar-refractivity contribution in [1.29, 1.82) is 0 Å². The van der Waals surface area contributed by atoms with Crippen LogP contribution in [-0.4, -0.2) is 0 Å². The molecule has 0 radical (unpaired) electrons. The average Bonchev–Trinajstić information content (AvgIpc) is 2.12. The van der Waals surface area contributed by atoms with Crippen LogP contribution < -0.4 is 4.40 Å². The van der Waals surface area contributed by atoms with Crippen molar-refractivity contribution in [3.63, 3.8) is 0 Å². The Balaban J connectivity index is 0.000000203. The summed E-state index contributed by atoms with van der Waals surface area (Å²) in [7, 11) is -10.7. The second-order valence-electron chi connectivity index (χ2n) is 3.34. The van der Waals surface area contributed by atoms with E-state index in [1.807, 2.05) is 30.6 Å². The first kappa shape index (κ1) is 15.2. The van der Waals surface area contributed by atoms with E-state index in [0.717, 1.165) is 4.47 Å².